The number of nitrogens with two attached hydrogens (primary N) is 1. The third kappa shape index (κ3) is 15.3. The molecule has 0 saturated carbocycles. The van der Waals surface area contributed by atoms with Crippen LogP contribution >= 0.6 is 7.60 Å². The Morgan fingerprint density at radius 1 is 0.974 bits per heavy atom. The summed E-state index contributed by atoms with van der Waals surface area (Å²) < 4.78 is 35.6. The highest BCUT2D eigenvalue weighted by atomic mass is 31.2. The van der Waals surface area contributed by atoms with Crippen LogP contribution in [0.15, 0.2) is 17.1 Å². The monoisotopic (exact) mass is 561 g/mol. The predicted molar refractivity (Wildman–Crippen MR) is 152 cm³/mol. The number of methoxy groups -OCH3 is 2. The summed E-state index contributed by atoms with van der Waals surface area (Å²) in [5.41, 5.74) is 5.00. The average molecular weight is 562 g/mol. The van der Waals surface area contributed by atoms with Gasteiger partial charge in [-0.2, -0.15) is 4.98 Å². The van der Waals surface area contributed by atoms with Gasteiger partial charge in [-0.15, -0.1) is 0 Å². The molecule has 0 spiro atoms. The first-order chi connectivity index (χ1) is 18.2. The summed E-state index contributed by atoms with van der Waals surface area (Å²) in [6.07, 6.45) is 15.9. The number of rotatable bonds is 24. The van der Waals surface area contributed by atoms with Crippen LogP contribution in [0, 0.1) is 0 Å². The first-order valence-electron chi connectivity index (χ1n) is 14.2. The quantitative estimate of drug-likeness (QED) is 0.121. The molecule has 0 radical (unpaired) electrons. The fourth-order valence-corrected chi connectivity index (χ4v) is 5.14. The maximum absolute atomic E-state index is 12.6. The SMILES string of the molecule is CCCCCCCCCCCCCCCCOC(C(OP(C)(=O)O)C(COC)OC)n1ccc(N)nc1=O. The van der Waals surface area contributed by atoms with E-state index >= 15 is 0 Å². The Hall–Kier alpha value is -1.29. The first kappa shape index (κ1) is 34.7. The summed E-state index contributed by atoms with van der Waals surface area (Å²) in [6.45, 7) is 3.73. The third-order valence-corrected chi connectivity index (χ3v) is 7.15. The van der Waals surface area contributed by atoms with Crippen LogP contribution in [-0.4, -0.2) is 60.8 Å². The van der Waals surface area contributed by atoms with Crippen molar-refractivity contribution in [2.45, 2.75) is 115 Å². The van der Waals surface area contributed by atoms with Gasteiger partial charge in [0.15, 0.2) is 6.23 Å². The molecular formula is C27H52N3O7P. The van der Waals surface area contributed by atoms with Crippen molar-refractivity contribution >= 4 is 13.4 Å². The number of hydrogen-bond donors (Lipinski definition) is 2. The van der Waals surface area contributed by atoms with Crippen LogP contribution in [0.25, 0.3) is 0 Å². The topological polar surface area (TPSA) is 135 Å². The summed E-state index contributed by atoms with van der Waals surface area (Å²) in [4.78, 5) is 26.4. The van der Waals surface area contributed by atoms with Crippen LogP contribution in [0.1, 0.15) is 103 Å². The molecule has 38 heavy (non-hydrogen) atoms. The maximum Gasteiger partial charge on any atom is 0.351 e. The van der Waals surface area contributed by atoms with Crippen LogP contribution in [-0.2, 0) is 23.3 Å². The molecule has 0 aliphatic carbocycles. The number of aromatic nitrogens is 2. The predicted octanol–water partition coefficient (Wildman–Crippen LogP) is 5.68. The van der Waals surface area contributed by atoms with Gasteiger partial charge in [0.05, 0.1) is 6.61 Å². The Morgan fingerprint density at radius 3 is 1.95 bits per heavy atom. The standard InChI is InChI=1S/C27H52N3O7P/c1-5-6-7-8-9-10-11-12-13-14-15-16-17-18-21-36-26(30-20-19-24(28)29-27(30)31)25(37-38(4,32)33)23(35-3)22-34-2/h19-20,23,25-26H,5-18,21-22H2,1-4H3,(H,32,33)(H2,28,29,31). The van der Waals surface area contributed by atoms with Gasteiger partial charge in [0.2, 0.25) is 0 Å². The van der Waals surface area contributed by atoms with Crippen LogP contribution in [0.4, 0.5) is 5.82 Å². The summed E-state index contributed by atoms with van der Waals surface area (Å²) in [5.74, 6) is 0.0675. The zero-order chi connectivity index (χ0) is 28.2. The van der Waals surface area contributed by atoms with Gasteiger partial charge < -0.3 is 24.8 Å². The van der Waals surface area contributed by atoms with Gasteiger partial charge in [0, 0.05) is 33.7 Å². The van der Waals surface area contributed by atoms with Gasteiger partial charge in [-0.05, 0) is 12.5 Å². The molecule has 0 aliphatic heterocycles. The molecule has 4 atom stereocenters. The number of unbranched alkanes of at least 4 members (excludes halogenated alkanes) is 13. The minimum Gasteiger partial charge on any atom is -0.383 e. The maximum atomic E-state index is 12.6. The Labute approximate surface area is 229 Å². The number of nitrogen functional groups attached to an aromatic ring is 1. The second-order valence-electron chi connectivity index (χ2n) is 10.0. The van der Waals surface area contributed by atoms with Crippen molar-refractivity contribution in [3.05, 3.63) is 22.7 Å². The Kier molecular flexibility index (Phi) is 18.8. The lowest BCUT2D eigenvalue weighted by Crippen LogP contribution is -2.45. The van der Waals surface area contributed by atoms with E-state index in [0.717, 1.165) is 25.9 Å². The van der Waals surface area contributed by atoms with E-state index in [9.17, 15) is 14.3 Å². The highest BCUT2D eigenvalue weighted by molar-refractivity contribution is 7.51. The lowest BCUT2D eigenvalue weighted by molar-refractivity contribution is -0.138. The lowest BCUT2D eigenvalue weighted by Gasteiger charge is -2.33. The van der Waals surface area contributed by atoms with Crippen molar-refractivity contribution in [1.82, 2.24) is 9.55 Å². The first-order valence-corrected chi connectivity index (χ1v) is 16.2. The summed E-state index contributed by atoms with van der Waals surface area (Å²) in [5, 5.41) is 0. The molecular weight excluding hydrogens is 509 g/mol. The van der Waals surface area contributed by atoms with E-state index in [-0.39, 0.29) is 12.4 Å². The van der Waals surface area contributed by atoms with Crippen LogP contribution < -0.4 is 11.4 Å². The second kappa shape index (κ2) is 20.6. The van der Waals surface area contributed by atoms with E-state index in [2.05, 4.69) is 11.9 Å². The Balaban J connectivity index is 2.56. The van der Waals surface area contributed by atoms with Crippen molar-refractivity contribution in [3.63, 3.8) is 0 Å². The van der Waals surface area contributed by atoms with Crippen molar-refractivity contribution in [2.24, 2.45) is 0 Å². The van der Waals surface area contributed by atoms with E-state index in [1.165, 1.54) is 102 Å². The molecule has 3 N–H and O–H groups in total. The zero-order valence-corrected chi connectivity index (χ0v) is 24.9. The summed E-state index contributed by atoms with van der Waals surface area (Å²) in [6, 6.07) is 1.46. The molecule has 0 bridgehead atoms. The fourth-order valence-electron chi connectivity index (χ4n) is 4.44. The molecule has 0 aliphatic rings. The van der Waals surface area contributed by atoms with E-state index in [1.54, 1.807) is 0 Å². The van der Waals surface area contributed by atoms with Crippen LogP contribution in [0.5, 0.6) is 0 Å². The highest BCUT2D eigenvalue weighted by Crippen LogP contribution is 2.42. The van der Waals surface area contributed by atoms with E-state index < -0.39 is 31.7 Å². The molecule has 0 aromatic carbocycles. The summed E-state index contributed by atoms with van der Waals surface area (Å²) in [7, 11) is -1.04. The normalized spacial score (nSPS) is 15.7. The average Bonchev–Trinajstić information content (AvgIpc) is 2.86. The van der Waals surface area contributed by atoms with Gasteiger partial charge in [-0.1, -0.05) is 90.4 Å². The zero-order valence-electron chi connectivity index (χ0n) is 24.0. The molecule has 1 aromatic rings. The largest absolute Gasteiger partial charge is 0.383 e. The number of nitrogens with zero attached hydrogens (tertiary/aromatic N) is 2. The molecule has 0 amide bonds. The van der Waals surface area contributed by atoms with Crippen molar-refractivity contribution in [2.75, 3.05) is 39.8 Å². The van der Waals surface area contributed by atoms with Gasteiger partial charge in [0.1, 0.15) is 18.0 Å². The molecule has 0 fully saturated rings. The minimum atomic E-state index is -3.96. The van der Waals surface area contributed by atoms with Crippen molar-refractivity contribution in [3.8, 4) is 0 Å². The fraction of sp³-hybridized carbons (Fsp3) is 0.852. The molecule has 1 heterocycles. The molecule has 11 heteroatoms. The molecule has 10 nitrogen and oxygen atoms in total. The van der Waals surface area contributed by atoms with Crippen molar-refractivity contribution < 1.29 is 28.2 Å². The van der Waals surface area contributed by atoms with Crippen LogP contribution in [0.2, 0.25) is 0 Å². The van der Waals surface area contributed by atoms with E-state index in [0.29, 0.717) is 6.61 Å². The van der Waals surface area contributed by atoms with Crippen molar-refractivity contribution in [1.29, 1.82) is 0 Å². The molecule has 222 valence electrons. The third-order valence-electron chi connectivity index (χ3n) is 6.51. The van der Waals surface area contributed by atoms with Gasteiger partial charge in [-0.3, -0.25) is 13.7 Å². The molecule has 1 aromatic heterocycles. The smallest absolute Gasteiger partial charge is 0.351 e. The highest BCUT2D eigenvalue weighted by Gasteiger charge is 2.37. The number of hydrogen-bond acceptors (Lipinski definition) is 8. The van der Waals surface area contributed by atoms with Gasteiger partial charge >= 0.3 is 13.3 Å². The van der Waals surface area contributed by atoms with Gasteiger partial charge in [0.25, 0.3) is 0 Å². The van der Waals surface area contributed by atoms with Gasteiger partial charge in [-0.25, -0.2) is 4.79 Å². The van der Waals surface area contributed by atoms with Crippen LogP contribution in [0.3, 0.4) is 0 Å². The second-order valence-corrected chi connectivity index (χ2v) is 11.8. The Bertz CT molecular complexity index is 833. The number of anilines is 1. The molecule has 0 saturated heterocycles. The lowest BCUT2D eigenvalue weighted by atomic mass is 10.0. The Morgan fingerprint density at radius 2 is 1.50 bits per heavy atom. The number of ether oxygens (including phenoxy) is 3. The molecule has 4 unspecified atom stereocenters. The van der Waals surface area contributed by atoms with E-state index in [1.807, 2.05) is 0 Å². The minimum absolute atomic E-state index is 0.0665. The summed E-state index contributed by atoms with van der Waals surface area (Å²) >= 11 is 0. The molecule has 1 rings (SSSR count). The van der Waals surface area contributed by atoms with E-state index in [4.69, 9.17) is 24.5 Å².